The molecule has 1 N–H and O–H groups in total. The van der Waals surface area contributed by atoms with Gasteiger partial charge in [-0.05, 0) is 24.0 Å². The predicted molar refractivity (Wildman–Crippen MR) is 90.2 cm³/mol. The van der Waals surface area contributed by atoms with Gasteiger partial charge in [-0.15, -0.1) is 0 Å². The van der Waals surface area contributed by atoms with E-state index < -0.39 is 0 Å². The molecule has 1 saturated carbocycles. The summed E-state index contributed by atoms with van der Waals surface area (Å²) in [5.74, 6) is -0.0591. The number of ether oxygens (including phenoxy) is 1. The Morgan fingerprint density at radius 2 is 2.00 bits per heavy atom. The maximum absolute atomic E-state index is 12.0. The molecule has 0 bridgehead atoms. The van der Waals surface area contributed by atoms with Gasteiger partial charge in [0.15, 0.2) is 0 Å². The first-order valence-corrected chi connectivity index (χ1v) is 8.59. The molecule has 0 atom stereocenters. The maximum Gasteiger partial charge on any atom is 0.246 e. The minimum Gasteiger partial charge on any atom is -0.368 e. The summed E-state index contributed by atoms with van der Waals surface area (Å²) in [4.78, 5) is 16.0. The number of nitrogens with one attached hydrogen (secondary N) is 1. The molecule has 0 unspecified atom stereocenters. The molecule has 24 heavy (non-hydrogen) atoms. The number of carbonyl (C=O) groups is 1. The highest BCUT2D eigenvalue weighted by Crippen LogP contribution is 2.20. The van der Waals surface area contributed by atoms with Crippen LogP contribution in [-0.2, 0) is 22.6 Å². The Kier molecular flexibility index (Phi) is 5.96. The van der Waals surface area contributed by atoms with Crippen molar-refractivity contribution in [3.8, 4) is 0 Å². The molecule has 6 heteroatoms. The van der Waals surface area contributed by atoms with Gasteiger partial charge in [-0.25, -0.2) is 9.67 Å². The topological polar surface area (TPSA) is 69.0 Å². The van der Waals surface area contributed by atoms with Gasteiger partial charge in [0.2, 0.25) is 5.91 Å². The van der Waals surface area contributed by atoms with E-state index in [-0.39, 0.29) is 18.6 Å². The van der Waals surface area contributed by atoms with E-state index in [2.05, 4.69) is 15.4 Å². The normalized spacial score (nSPS) is 15.3. The average Bonchev–Trinajstić information content (AvgIpc) is 3.13. The zero-order chi connectivity index (χ0) is 16.6. The van der Waals surface area contributed by atoms with E-state index in [1.54, 1.807) is 11.0 Å². The lowest BCUT2D eigenvalue weighted by Gasteiger charge is -2.21. The van der Waals surface area contributed by atoms with Crippen molar-refractivity contribution in [1.82, 2.24) is 20.1 Å². The van der Waals surface area contributed by atoms with Gasteiger partial charge in [0.1, 0.15) is 19.3 Å². The fourth-order valence-corrected chi connectivity index (χ4v) is 3.04. The van der Waals surface area contributed by atoms with E-state index in [0.29, 0.717) is 13.1 Å². The fourth-order valence-electron chi connectivity index (χ4n) is 3.04. The van der Waals surface area contributed by atoms with Gasteiger partial charge >= 0.3 is 0 Å². The largest absolute Gasteiger partial charge is 0.368 e. The van der Waals surface area contributed by atoms with Crippen LogP contribution < -0.4 is 5.32 Å². The molecule has 0 spiro atoms. The van der Waals surface area contributed by atoms with Gasteiger partial charge in [0, 0.05) is 6.54 Å². The predicted octanol–water partition coefficient (Wildman–Crippen LogP) is 2.29. The first-order chi connectivity index (χ1) is 11.8. The molecule has 1 aliphatic carbocycles. The fraction of sp³-hybridized carbons (Fsp3) is 0.500. The van der Waals surface area contributed by atoms with Crippen LogP contribution in [0, 0.1) is 0 Å². The molecular weight excluding hydrogens is 304 g/mol. The van der Waals surface area contributed by atoms with Gasteiger partial charge in [-0.2, -0.15) is 5.10 Å². The summed E-state index contributed by atoms with van der Waals surface area (Å²) in [6.45, 7) is 1.29. The van der Waals surface area contributed by atoms with Crippen LogP contribution in [0.5, 0.6) is 0 Å². The molecule has 0 saturated heterocycles. The molecule has 6 nitrogen and oxygen atoms in total. The lowest BCUT2D eigenvalue weighted by Crippen LogP contribution is -2.30. The summed E-state index contributed by atoms with van der Waals surface area (Å²) in [5.41, 5.74) is 2.20. The van der Waals surface area contributed by atoms with Gasteiger partial charge in [-0.1, -0.05) is 43.5 Å². The van der Waals surface area contributed by atoms with Crippen molar-refractivity contribution in [2.75, 3.05) is 6.61 Å². The zero-order valence-electron chi connectivity index (χ0n) is 13.9. The van der Waals surface area contributed by atoms with Crippen LogP contribution in [0.3, 0.4) is 0 Å². The van der Waals surface area contributed by atoms with Crippen LogP contribution in [-0.4, -0.2) is 33.4 Å². The maximum atomic E-state index is 12.0. The first-order valence-electron chi connectivity index (χ1n) is 8.59. The monoisotopic (exact) mass is 328 g/mol. The summed E-state index contributed by atoms with van der Waals surface area (Å²) in [7, 11) is 0. The third-order valence-electron chi connectivity index (χ3n) is 4.40. The van der Waals surface area contributed by atoms with Gasteiger partial charge in [-0.3, -0.25) is 4.79 Å². The van der Waals surface area contributed by atoms with Gasteiger partial charge < -0.3 is 10.1 Å². The van der Waals surface area contributed by atoms with Crippen molar-refractivity contribution in [2.45, 2.75) is 51.3 Å². The lowest BCUT2D eigenvalue weighted by molar-refractivity contribution is -0.128. The number of amides is 1. The quantitative estimate of drug-likeness (QED) is 0.847. The van der Waals surface area contributed by atoms with Gasteiger partial charge in [0.25, 0.3) is 0 Å². The number of nitrogens with zero attached hydrogens (tertiary/aromatic N) is 3. The second kappa shape index (κ2) is 8.59. The van der Waals surface area contributed by atoms with Crippen molar-refractivity contribution in [1.29, 1.82) is 0 Å². The second-order valence-electron chi connectivity index (χ2n) is 6.21. The first kappa shape index (κ1) is 16.6. The van der Waals surface area contributed by atoms with Gasteiger partial charge in [0.05, 0.1) is 12.6 Å². The summed E-state index contributed by atoms with van der Waals surface area (Å²) in [5, 5.41) is 7.08. The van der Waals surface area contributed by atoms with E-state index >= 15 is 0 Å². The molecule has 1 fully saturated rings. The summed E-state index contributed by atoms with van der Waals surface area (Å²) < 4.78 is 7.48. The van der Waals surface area contributed by atoms with Crippen molar-refractivity contribution in [2.24, 2.45) is 0 Å². The Morgan fingerprint density at radius 3 is 2.75 bits per heavy atom. The molecule has 0 radical (unpaired) electrons. The van der Waals surface area contributed by atoms with Crippen LogP contribution in [0.4, 0.5) is 0 Å². The van der Waals surface area contributed by atoms with Crippen molar-refractivity contribution >= 4 is 5.91 Å². The molecule has 1 aromatic heterocycles. The highest BCUT2D eigenvalue weighted by Gasteiger charge is 2.15. The zero-order valence-corrected chi connectivity index (χ0v) is 13.9. The number of rotatable bonds is 7. The molecule has 128 valence electrons. The third kappa shape index (κ3) is 4.89. The van der Waals surface area contributed by atoms with Crippen molar-refractivity contribution in [3.05, 3.63) is 48.0 Å². The smallest absolute Gasteiger partial charge is 0.246 e. The van der Waals surface area contributed by atoms with Crippen LogP contribution in [0.1, 0.15) is 43.2 Å². The molecule has 0 aliphatic heterocycles. The second-order valence-corrected chi connectivity index (χ2v) is 6.21. The number of hydrogen-bond donors (Lipinski definition) is 1. The van der Waals surface area contributed by atoms with E-state index in [4.69, 9.17) is 4.74 Å². The highest BCUT2D eigenvalue weighted by molar-refractivity contribution is 5.77. The minimum absolute atomic E-state index is 0.0591. The highest BCUT2D eigenvalue weighted by atomic mass is 16.5. The van der Waals surface area contributed by atoms with Crippen LogP contribution in [0.25, 0.3) is 0 Å². The molecule has 3 rings (SSSR count). The van der Waals surface area contributed by atoms with Crippen LogP contribution >= 0.6 is 0 Å². The molecule has 1 heterocycles. The molecule has 1 aromatic carbocycles. The Labute approximate surface area is 142 Å². The minimum atomic E-state index is -0.0591. The standard InChI is InChI=1S/C18H24N4O2/c23-18(12-24-17-8-2-1-3-9-17)20-10-15-6-4-5-7-16(15)11-22-14-19-13-21-22/h4-7,13-14,17H,1-3,8-12H2,(H,20,23). The van der Waals surface area contributed by atoms with E-state index in [9.17, 15) is 4.79 Å². The Hall–Kier alpha value is -2.21. The average molecular weight is 328 g/mol. The number of aromatic nitrogens is 3. The molecule has 1 aliphatic rings. The number of carbonyl (C=O) groups excluding carboxylic acids is 1. The molecule has 2 aromatic rings. The Morgan fingerprint density at radius 1 is 1.21 bits per heavy atom. The van der Waals surface area contributed by atoms with Crippen LogP contribution in [0.15, 0.2) is 36.9 Å². The number of benzene rings is 1. The van der Waals surface area contributed by atoms with Crippen molar-refractivity contribution in [3.63, 3.8) is 0 Å². The lowest BCUT2D eigenvalue weighted by atomic mass is 9.98. The van der Waals surface area contributed by atoms with Crippen LogP contribution in [0.2, 0.25) is 0 Å². The van der Waals surface area contributed by atoms with Crippen molar-refractivity contribution < 1.29 is 9.53 Å². The third-order valence-corrected chi connectivity index (χ3v) is 4.40. The summed E-state index contributed by atoms with van der Waals surface area (Å²) in [6.07, 6.45) is 9.32. The van der Waals surface area contributed by atoms with E-state index in [1.165, 1.54) is 25.6 Å². The Balaban J connectivity index is 1.48. The van der Waals surface area contributed by atoms with E-state index in [1.807, 2.05) is 24.3 Å². The Bertz CT molecular complexity index is 636. The SMILES string of the molecule is O=C(COC1CCCCC1)NCc1ccccc1Cn1cncn1. The summed E-state index contributed by atoms with van der Waals surface area (Å²) >= 11 is 0. The number of hydrogen-bond acceptors (Lipinski definition) is 4. The molecular formula is C18H24N4O2. The molecule has 1 amide bonds. The summed E-state index contributed by atoms with van der Waals surface area (Å²) in [6, 6.07) is 8.03. The van der Waals surface area contributed by atoms with E-state index in [0.717, 1.165) is 24.0 Å².